The van der Waals surface area contributed by atoms with Gasteiger partial charge in [0.25, 0.3) is 0 Å². The first-order valence-electron chi connectivity index (χ1n) is 5.71. The molecule has 0 atom stereocenters. The van der Waals surface area contributed by atoms with Gasteiger partial charge in [-0.3, -0.25) is 9.59 Å². The molecule has 4 heteroatoms. The lowest BCUT2D eigenvalue weighted by Crippen LogP contribution is -2.06. The molecular weight excluding hydrogens is 232 g/mol. The molecule has 1 aromatic rings. The van der Waals surface area contributed by atoms with Crippen molar-refractivity contribution in [3.05, 3.63) is 36.4 Å². The Balaban J connectivity index is 2.65. The Morgan fingerprint density at radius 3 is 2.33 bits per heavy atom. The molecule has 1 aromatic carbocycles. The first-order chi connectivity index (χ1) is 8.52. The van der Waals surface area contributed by atoms with Crippen molar-refractivity contribution in [2.24, 2.45) is 0 Å². The van der Waals surface area contributed by atoms with E-state index in [2.05, 4.69) is 6.58 Å². The maximum Gasteiger partial charge on any atom is 0.311 e. The molecule has 96 valence electrons. The van der Waals surface area contributed by atoms with E-state index >= 15 is 0 Å². The molecule has 0 saturated carbocycles. The Labute approximate surface area is 106 Å². The van der Waals surface area contributed by atoms with E-state index in [9.17, 15) is 9.59 Å². The standard InChI is InChI=1S/C14H16O4/c1-4-5-14(16)18-13-8-6-12(7-9-13)10(2)17-11(3)15/h6-9H,2,4-5H2,1,3H3. The Bertz CT molecular complexity index is 445. The number of esters is 2. The second-order valence-corrected chi connectivity index (χ2v) is 3.77. The number of ether oxygens (including phenoxy) is 2. The highest BCUT2D eigenvalue weighted by Crippen LogP contribution is 2.19. The van der Waals surface area contributed by atoms with Gasteiger partial charge in [-0.1, -0.05) is 13.5 Å². The van der Waals surface area contributed by atoms with Crippen LogP contribution in [0.3, 0.4) is 0 Å². The van der Waals surface area contributed by atoms with Gasteiger partial charge in [-0.15, -0.1) is 0 Å². The zero-order chi connectivity index (χ0) is 13.5. The van der Waals surface area contributed by atoms with Gasteiger partial charge >= 0.3 is 11.9 Å². The molecule has 0 aromatic heterocycles. The number of hydrogen-bond donors (Lipinski definition) is 0. The summed E-state index contributed by atoms with van der Waals surface area (Å²) in [6.07, 6.45) is 1.14. The van der Waals surface area contributed by atoms with Crippen molar-refractivity contribution in [3.63, 3.8) is 0 Å². The first kappa shape index (κ1) is 14.0. The maximum absolute atomic E-state index is 11.3. The molecule has 0 aliphatic heterocycles. The van der Waals surface area contributed by atoms with Gasteiger partial charge in [-0.25, -0.2) is 0 Å². The molecule has 0 fully saturated rings. The number of hydrogen-bond acceptors (Lipinski definition) is 4. The zero-order valence-corrected chi connectivity index (χ0v) is 10.6. The Hall–Kier alpha value is -2.10. The van der Waals surface area contributed by atoms with Crippen molar-refractivity contribution in [1.29, 1.82) is 0 Å². The minimum atomic E-state index is -0.418. The highest BCUT2D eigenvalue weighted by Gasteiger charge is 2.06. The summed E-state index contributed by atoms with van der Waals surface area (Å²) in [6, 6.07) is 6.63. The fourth-order valence-electron chi connectivity index (χ4n) is 1.33. The second kappa shape index (κ2) is 6.59. The predicted molar refractivity (Wildman–Crippen MR) is 67.8 cm³/mol. The fraction of sp³-hybridized carbons (Fsp3) is 0.286. The molecule has 0 saturated heterocycles. The van der Waals surface area contributed by atoms with Crippen molar-refractivity contribution in [3.8, 4) is 5.75 Å². The summed E-state index contributed by atoms with van der Waals surface area (Å²) in [5, 5.41) is 0. The monoisotopic (exact) mass is 248 g/mol. The van der Waals surface area contributed by atoms with Crippen molar-refractivity contribution in [2.45, 2.75) is 26.7 Å². The normalized spacial score (nSPS) is 9.67. The fourth-order valence-corrected chi connectivity index (χ4v) is 1.33. The molecule has 0 radical (unpaired) electrons. The lowest BCUT2D eigenvalue weighted by Gasteiger charge is -2.07. The summed E-state index contributed by atoms with van der Waals surface area (Å²) in [4.78, 5) is 22.0. The molecular formula is C14H16O4. The Kier molecular flexibility index (Phi) is 5.11. The smallest absolute Gasteiger partial charge is 0.311 e. The van der Waals surface area contributed by atoms with Gasteiger partial charge < -0.3 is 9.47 Å². The Morgan fingerprint density at radius 2 is 1.83 bits per heavy atom. The van der Waals surface area contributed by atoms with Crippen LogP contribution in [-0.2, 0) is 14.3 Å². The second-order valence-electron chi connectivity index (χ2n) is 3.77. The largest absolute Gasteiger partial charge is 0.427 e. The van der Waals surface area contributed by atoms with Crippen LogP contribution in [0.2, 0.25) is 0 Å². The number of carbonyl (C=O) groups excluding carboxylic acids is 2. The van der Waals surface area contributed by atoms with Gasteiger partial charge in [0.1, 0.15) is 11.5 Å². The number of benzene rings is 1. The maximum atomic E-state index is 11.3. The third-order valence-corrected chi connectivity index (χ3v) is 2.13. The topological polar surface area (TPSA) is 52.6 Å². The van der Waals surface area contributed by atoms with E-state index in [-0.39, 0.29) is 11.7 Å². The summed E-state index contributed by atoms with van der Waals surface area (Å²) in [6.45, 7) is 6.86. The average Bonchev–Trinajstić information content (AvgIpc) is 2.29. The van der Waals surface area contributed by atoms with Crippen molar-refractivity contribution in [1.82, 2.24) is 0 Å². The van der Waals surface area contributed by atoms with Crippen LogP contribution in [0.15, 0.2) is 30.8 Å². The van der Waals surface area contributed by atoms with E-state index in [0.29, 0.717) is 17.7 Å². The van der Waals surface area contributed by atoms with Gasteiger partial charge in [-0.05, 0) is 30.7 Å². The lowest BCUT2D eigenvalue weighted by molar-refractivity contribution is -0.135. The molecule has 18 heavy (non-hydrogen) atoms. The van der Waals surface area contributed by atoms with Crippen LogP contribution in [0.25, 0.3) is 5.76 Å². The molecule has 0 heterocycles. The molecule has 0 amide bonds. The summed E-state index contributed by atoms with van der Waals surface area (Å²) in [5.74, 6) is 0.0595. The molecule has 0 bridgehead atoms. The summed E-state index contributed by atoms with van der Waals surface area (Å²) in [7, 11) is 0. The molecule has 0 unspecified atom stereocenters. The van der Waals surface area contributed by atoms with Crippen LogP contribution < -0.4 is 4.74 Å². The van der Waals surface area contributed by atoms with E-state index in [4.69, 9.17) is 9.47 Å². The van der Waals surface area contributed by atoms with Crippen molar-refractivity contribution in [2.75, 3.05) is 0 Å². The van der Waals surface area contributed by atoms with E-state index < -0.39 is 5.97 Å². The van der Waals surface area contributed by atoms with Gasteiger partial charge in [0.15, 0.2) is 0 Å². The van der Waals surface area contributed by atoms with Crippen LogP contribution in [-0.4, -0.2) is 11.9 Å². The highest BCUT2D eigenvalue weighted by atomic mass is 16.5. The highest BCUT2D eigenvalue weighted by molar-refractivity contribution is 5.76. The van der Waals surface area contributed by atoms with Crippen LogP contribution >= 0.6 is 0 Å². The van der Waals surface area contributed by atoms with E-state index in [0.717, 1.165) is 6.42 Å². The number of rotatable bonds is 5. The minimum absolute atomic E-state index is 0.260. The van der Waals surface area contributed by atoms with E-state index in [1.807, 2.05) is 6.92 Å². The van der Waals surface area contributed by atoms with Gasteiger partial charge in [0.2, 0.25) is 0 Å². The summed E-state index contributed by atoms with van der Waals surface area (Å²) in [5.41, 5.74) is 0.667. The molecule has 0 spiro atoms. The van der Waals surface area contributed by atoms with Crippen LogP contribution in [0, 0.1) is 0 Å². The van der Waals surface area contributed by atoms with E-state index in [1.165, 1.54) is 6.92 Å². The molecule has 1 rings (SSSR count). The number of carbonyl (C=O) groups is 2. The van der Waals surface area contributed by atoms with Crippen LogP contribution in [0.1, 0.15) is 32.3 Å². The summed E-state index contributed by atoms with van der Waals surface area (Å²) < 4.78 is 9.95. The zero-order valence-electron chi connectivity index (χ0n) is 10.6. The third-order valence-electron chi connectivity index (χ3n) is 2.13. The van der Waals surface area contributed by atoms with Crippen LogP contribution in [0.5, 0.6) is 5.75 Å². The molecule has 4 nitrogen and oxygen atoms in total. The minimum Gasteiger partial charge on any atom is -0.427 e. The van der Waals surface area contributed by atoms with Crippen molar-refractivity contribution >= 4 is 17.7 Å². The Morgan fingerprint density at radius 1 is 1.22 bits per heavy atom. The molecule has 0 aliphatic rings. The van der Waals surface area contributed by atoms with Gasteiger partial charge in [-0.2, -0.15) is 0 Å². The van der Waals surface area contributed by atoms with E-state index in [1.54, 1.807) is 24.3 Å². The van der Waals surface area contributed by atoms with Gasteiger partial charge in [0.05, 0.1) is 0 Å². The SMILES string of the molecule is C=C(OC(C)=O)c1ccc(OC(=O)CCC)cc1. The lowest BCUT2D eigenvalue weighted by atomic mass is 10.2. The quantitative estimate of drug-likeness (QED) is 0.456. The first-order valence-corrected chi connectivity index (χ1v) is 5.71. The third kappa shape index (κ3) is 4.41. The molecule has 0 N–H and O–H groups in total. The average molecular weight is 248 g/mol. The predicted octanol–water partition coefficient (Wildman–Crippen LogP) is 2.93. The van der Waals surface area contributed by atoms with Crippen molar-refractivity contribution < 1.29 is 19.1 Å². The summed E-state index contributed by atoms with van der Waals surface area (Å²) >= 11 is 0. The molecule has 0 aliphatic carbocycles. The van der Waals surface area contributed by atoms with Crippen LogP contribution in [0.4, 0.5) is 0 Å². The van der Waals surface area contributed by atoms with Gasteiger partial charge in [0, 0.05) is 18.9 Å².